The molecule has 1 atom stereocenters. The summed E-state index contributed by atoms with van der Waals surface area (Å²) in [7, 11) is 0. The lowest BCUT2D eigenvalue weighted by Crippen LogP contribution is -2.49. The minimum atomic E-state index is -0.571. The maximum absolute atomic E-state index is 13.0. The molecule has 2 saturated heterocycles. The smallest absolute Gasteiger partial charge is 0.410 e. The van der Waals surface area contributed by atoms with Gasteiger partial charge in [0.25, 0.3) is 0 Å². The average molecular weight is 693 g/mol. The Labute approximate surface area is 300 Å². The van der Waals surface area contributed by atoms with Crippen LogP contribution in [0.15, 0.2) is 66.7 Å². The summed E-state index contributed by atoms with van der Waals surface area (Å²) in [4.78, 5) is 44.1. The van der Waals surface area contributed by atoms with E-state index in [0.717, 1.165) is 48.4 Å². The minimum absolute atomic E-state index is 0.122. The fourth-order valence-electron chi connectivity index (χ4n) is 7.27. The molecule has 1 aromatic heterocycles. The van der Waals surface area contributed by atoms with Crippen LogP contribution in [-0.2, 0) is 29.0 Å². The van der Waals surface area contributed by atoms with Crippen LogP contribution in [0.3, 0.4) is 0 Å². The Bertz CT molecular complexity index is 1870. The van der Waals surface area contributed by atoms with E-state index in [0.29, 0.717) is 45.3 Å². The van der Waals surface area contributed by atoms with Gasteiger partial charge in [-0.2, -0.15) is 9.97 Å². The molecule has 4 aromatic rings. The van der Waals surface area contributed by atoms with Crippen molar-refractivity contribution in [3.8, 4) is 6.01 Å². The molecule has 0 bridgehead atoms. The maximum Gasteiger partial charge on any atom is 0.410 e. The van der Waals surface area contributed by atoms with Gasteiger partial charge in [-0.15, -0.1) is 0 Å². The van der Waals surface area contributed by atoms with E-state index in [2.05, 4.69) is 53.1 Å². The first-order chi connectivity index (χ1) is 24.6. The second kappa shape index (κ2) is 14.7. The Balaban J connectivity index is 1.11. The Morgan fingerprint density at radius 3 is 2.41 bits per heavy atom. The molecule has 0 spiro atoms. The summed E-state index contributed by atoms with van der Waals surface area (Å²) in [6, 6.07) is 22.9. The predicted octanol–water partition coefficient (Wildman–Crippen LogP) is 6.74. The highest BCUT2D eigenvalue weighted by atomic mass is 16.6. The molecule has 4 heterocycles. The first-order valence-corrected chi connectivity index (χ1v) is 18.1. The van der Waals surface area contributed by atoms with E-state index < -0.39 is 5.60 Å². The third kappa shape index (κ3) is 7.97. The summed E-state index contributed by atoms with van der Waals surface area (Å²) in [5, 5.41) is 2.44. The lowest BCUT2D eigenvalue weighted by molar-refractivity contribution is 0.0183. The van der Waals surface area contributed by atoms with Gasteiger partial charge >= 0.3 is 18.2 Å². The molecule has 268 valence electrons. The minimum Gasteiger partial charge on any atom is -0.461 e. The van der Waals surface area contributed by atoms with Crippen LogP contribution >= 0.6 is 0 Å². The second-order valence-corrected chi connectivity index (χ2v) is 14.7. The predicted molar refractivity (Wildman–Crippen MR) is 197 cm³/mol. The molecule has 7 rings (SSSR count). The van der Waals surface area contributed by atoms with E-state index >= 15 is 0 Å². The number of rotatable bonds is 7. The topological polar surface area (TPSA) is 101 Å². The number of anilines is 2. The number of hydrogen-bond donors (Lipinski definition) is 0. The first kappa shape index (κ1) is 34.4. The van der Waals surface area contributed by atoms with E-state index in [1.165, 1.54) is 22.0 Å². The van der Waals surface area contributed by atoms with Crippen molar-refractivity contribution in [1.29, 1.82) is 0 Å². The first-order valence-electron chi connectivity index (χ1n) is 18.1. The Morgan fingerprint density at radius 1 is 0.863 bits per heavy atom. The Kier molecular flexibility index (Phi) is 9.88. The van der Waals surface area contributed by atoms with Crippen LogP contribution < -0.4 is 14.5 Å². The van der Waals surface area contributed by atoms with Crippen molar-refractivity contribution in [2.24, 2.45) is 0 Å². The SMILES string of the molecule is Cc1cc(N2CCc3c(nc(OC[C@@H]4CCCN4C(=O)OC(C)(C)C)nc3N3CCN(C(=O)OCc4ccccc4)CC3)C2)c2ccccc2c1. The van der Waals surface area contributed by atoms with Gasteiger partial charge in [-0.05, 0) is 69.5 Å². The fraction of sp³-hybridized carbons (Fsp3) is 0.450. The lowest BCUT2D eigenvalue weighted by atomic mass is 10.0. The molecule has 3 aliphatic heterocycles. The molecule has 51 heavy (non-hydrogen) atoms. The van der Waals surface area contributed by atoms with E-state index in [4.69, 9.17) is 24.2 Å². The number of amides is 2. The summed E-state index contributed by atoms with van der Waals surface area (Å²) >= 11 is 0. The Morgan fingerprint density at radius 2 is 1.63 bits per heavy atom. The van der Waals surface area contributed by atoms with Crippen molar-refractivity contribution >= 4 is 34.5 Å². The van der Waals surface area contributed by atoms with Gasteiger partial charge in [0, 0.05) is 55.9 Å². The van der Waals surface area contributed by atoms with Crippen LogP contribution in [0.4, 0.5) is 21.1 Å². The summed E-state index contributed by atoms with van der Waals surface area (Å²) < 4.78 is 17.7. The third-order valence-corrected chi connectivity index (χ3v) is 9.80. The van der Waals surface area contributed by atoms with Crippen molar-refractivity contribution in [1.82, 2.24) is 19.8 Å². The molecule has 3 aromatic carbocycles. The molecule has 0 unspecified atom stereocenters. The zero-order chi connectivity index (χ0) is 35.5. The number of piperazine rings is 1. The van der Waals surface area contributed by atoms with Crippen molar-refractivity contribution in [3.63, 3.8) is 0 Å². The summed E-state index contributed by atoms with van der Waals surface area (Å²) in [5.74, 6) is 0.858. The van der Waals surface area contributed by atoms with Gasteiger partial charge in [-0.1, -0.05) is 60.7 Å². The van der Waals surface area contributed by atoms with E-state index in [1.807, 2.05) is 51.1 Å². The standard InChI is InChI=1S/C40H48N6O5/c1-28-23-30-13-8-9-15-32(30)35(24-28)45-18-16-33-34(25-45)41-37(49-27-31-14-10-17-46(31)39(48)51-40(2,3)4)42-36(33)43-19-21-44(22-20-43)38(47)50-26-29-11-6-5-7-12-29/h5-9,11-13,15,23-24,31H,10,14,16-22,25-27H2,1-4H3/t31-/m0/s1. The molecule has 0 saturated carbocycles. The largest absolute Gasteiger partial charge is 0.461 e. The van der Waals surface area contributed by atoms with Gasteiger partial charge in [-0.25, -0.2) is 9.59 Å². The Hall–Kier alpha value is -5.06. The van der Waals surface area contributed by atoms with Crippen LogP contribution in [0.2, 0.25) is 0 Å². The van der Waals surface area contributed by atoms with Gasteiger partial charge in [-0.3, -0.25) is 0 Å². The third-order valence-electron chi connectivity index (χ3n) is 9.80. The van der Waals surface area contributed by atoms with Gasteiger partial charge in [0.2, 0.25) is 0 Å². The number of carbonyl (C=O) groups excluding carboxylic acids is 2. The number of ether oxygens (including phenoxy) is 3. The summed E-state index contributed by atoms with van der Waals surface area (Å²) in [5.41, 5.74) is 4.86. The van der Waals surface area contributed by atoms with Crippen molar-refractivity contribution in [2.45, 2.75) is 71.8 Å². The molecule has 3 aliphatic rings. The number of carbonyl (C=O) groups is 2. The fourth-order valence-corrected chi connectivity index (χ4v) is 7.27. The van der Waals surface area contributed by atoms with Gasteiger partial charge in [0.05, 0.1) is 18.3 Å². The highest BCUT2D eigenvalue weighted by molar-refractivity contribution is 5.95. The monoisotopic (exact) mass is 692 g/mol. The molecular weight excluding hydrogens is 644 g/mol. The number of hydrogen-bond acceptors (Lipinski definition) is 9. The van der Waals surface area contributed by atoms with Crippen LogP contribution in [-0.4, -0.2) is 89.5 Å². The zero-order valence-corrected chi connectivity index (χ0v) is 30.1. The number of fused-ring (bicyclic) bond motifs is 2. The van der Waals surface area contributed by atoms with Gasteiger partial charge in [0.1, 0.15) is 24.6 Å². The number of aryl methyl sites for hydroxylation is 1. The van der Waals surface area contributed by atoms with Gasteiger partial charge in [0.15, 0.2) is 0 Å². The molecule has 0 aliphatic carbocycles. The van der Waals surface area contributed by atoms with Crippen molar-refractivity contribution in [2.75, 3.05) is 55.7 Å². The van der Waals surface area contributed by atoms with E-state index in [9.17, 15) is 9.59 Å². The van der Waals surface area contributed by atoms with Gasteiger partial charge < -0.3 is 33.8 Å². The molecule has 11 nitrogen and oxygen atoms in total. The van der Waals surface area contributed by atoms with Crippen LogP contribution in [0, 0.1) is 6.92 Å². The van der Waals surface area contributed by atoms with E-state index in [-0.39, 0.29) is 31.4 Å². The number of likely N-dealkylation sites (tertiary alicyclic amines) is 1. The molecule has 11 heteroatoms. The van der Waals surface area contributed by atoms with Crippen molar-refractivity contribution in [3.05, 3.63) is 89.1 Å². The lowest BCUT2D eigenvalue weighted by Gasteiger charge is -2.38. The second-order valence-electron chi connectivity index (χ2n) is 14.7. The number of nitrogens with zero attached hydrogens (tertiary/aromatic N) is 6. The molecule has 2 fully saturated rings. The molecular formula is C40H48N6O5. The summed E-state index contributed by atoms with van der Waals surface area (Å²) in [6.07, 6.45) is 1.87. The highest BCUT2D eigenvalue weighted by Gasteiger charge is 2.34. The molecule has 0 N–H and O–H groups in total. The summed E-state index contributed by atoms with van der Waals surface area (Å²) in [6.45, 7) is 12.7. The van der Waals surface area contributed by atoms with Crippen LogP contribution in [0.5, 0.6) is 6.01 Å². The normalized spacial score (nSPS) is 17.8. The number of benzene rings is 3. The highest BCUT2D eigenvalue weighted by Crippen LogP contribution is 2.35. The molecule has 0 radical (unpaired) electrons. The van der Waals surface area contributed by atoms with Crippen molar-refractivity contribution < 1.29 is 23.8 Å². The van der Waals surface area contributed by atoms with E-state index in [1.54, 1.807) is 9.80 Å². The zero-order valence-electron chi connectivity index (χ0n) is 30.1. The maximum atomic E-state index is 13.0. The molecule has 2 amide bonds. The van der Waals surface area contributed by atoms with Crippen LogP contribution in [0.25, 0.3) is 10.8 Å². The quantitative estimate of drug-likeness (QED) is 0.209. The average Bonchev–Trinajstić information content (AvgIpc) is 3.61. The van der Waals surface area contributed by atoms with Crippen LogP contribution in [0.1, 0.15) is 56.0 Å². The number of aromatic nitrogens is 2.